The van der Waals surface area contributed by atoms with Crippen molar-refractivity contribution in [2.45, 2.75) is 42.5 Å². The zero-order valence-corrected chi connectivity index (χ0v) is 18.2. The Morgan fingerprint density at radius 1 is 0.966 bits per heavy atom. The van der Waals surface area contributed by atoms with Gasteiger partial charge >= 0.3 is 0 Å². The second kappa shape index (κ2) is 8.83. The SMILES string of the molecule is COc1ccc(C)cc1S(=O)(=O)NCc1ccc(S(=O)(=O)N2CCCCC2)cc1. The van der Waals surface area contributed by atoms with E-state index in [4.69, 9.17) is 4.74 Å². The molecule has 1 heterocycles. The van der Waals surface area contributed by atoms with Crippen LogP contribution in [0.25, 0.3) is 0 Å². The maximum absolute atomic E-state index is 12.7. The van der Waals surface area contributed by atoms with Crippen LogP contribution >= 0.6 is 0 Å². The average Bonchev–Trinajstić information content (AvgIpc) is 2.73. The summed E-state index contributed by atoms with van der Waals surface area (Å²) in [7, 11) is -5.86. The van der Waals surface area contributed by atoms with Crippen LogP contribution in [0.5, 0.6) is 5.75 Å². The highest BCUT2D eigenvalue weighted by molar-refractivity contribution is 7.89. The van der Waals surface area contributed by atoms with E-state index in [1.807, 2.05) is 0 Å². The fourth-order valence-electron chi connectivity index (χ4n) is 3.28. The molecule has 0 spiro atoms. The van der Waals surface area contributed by atoms with E-state index in [-0.39, 0.29) is 22.1 Å². The Balaban J connectivity index is 1.73. The van der Waals surface area contributed by atoms with Crippen molar-refractivity contribution in [1.29, 1.82) is 0 Å². The van der Waals surface area contributed by atoms with E-state index < -0.39 is 20.0 Å². The van der Waals surface area contributed by atoms with Crippen LogP contribution in [-0.4, -0.2) is 41.3 Å². The number of benzene rings is 2. The summed E-state index contributed by atoms with van der Waals surface area (Å²) < 4.78 is 60.0. The summed E-state index contributed by atoms with van der Waals surface area (Å²) in [4.78, 5) is 0.302. The predicted molar refractivity (Wildman–Crippen MR) is 111 cm³/mol. The van der Waals surface area contributed by atoms with Gasteiger partial charge in [0.05, 0.1) is 12.0 Å². The van der Waals surface area contributed by atoms with Crippen LogP contribution in [0.3, 0.4) is 0 Å². The molecule has 158 valence electrons. The zero-order chi connectivity index (χ0) is 21.1. The Morgan fingerprint density at radius 2 is 1.62 bits per heavy atom. The molecule has 7 nitrogen and oxygen atoms in total. The quantitative estimate of drug-likeness (QED) is 0.717. The number of methoxy groups -OCH3 is 1. The van der Waals surface area contributed by atoms with Crippen molar-refractivity contribution in [1.82, 2.24) is 9.03 Å². The minimum Gasteiger partial charge on any atom is -0.495 e. The number of ether oxygens (including phenoxy) is 1. The molecule has 2 aromatic carbocycles. The van der Waals surface area contributed by atoms with E-state index in [0.29, 0.717) is 18.7 Å². The minimum absolute atomic E-state index is 0.0451. The third-order valence-electron chi connectivity index (χ3n) is 4.95. The van der Waals surface area contributed by atoms with E-state index in [1.54, 1.807) is 37.3 Å². The second-order valence-electron chi connectivity index (χ2n) is 7.09. The van der Waals surface area contributed by atoms with Gasteiger partial charge in [0, 0.05) is 19.6 Å². The summed E-state index contributed by atoms with van der Waals surface area (Å²) in [5.41, 5.74) is 1.47. The summed E-state index contributed by atoms with van der Waals surface area (Å²) >= 11 is 0. The lowest BCUT2D eigenvalue weighted by Gasteiger charge is -2.25. The van der Waals surface area contributed by atoms with Gasteiger partial charge in [0.25, 0.3) is 0 Å². The lowest BCUT2D eigenvalue weighted by Crippen LogP contribution is -2.35. The van der Waals surface area contributed by atoms with E-state index >= 15 is 0 Å². The van der Waals surface area contributed by atoms with Crippen LogP contribution in [-0.2, 0) is 26.6 Å². The number of piperidine rings is 1. The number of aryl methyl sites for hydroxylation is 1. The molecule has 29 heavy (non-hydrogen) atoms. The molecule has 0 unspecified atom stereocenters. The Bertz CT molecular complexity index is 1060. The number of hydrogen-bond acceptors (Lipinski definition) is 5. The van der Waals surface area contributed by atoms with Crippen LogP contribution in [0.4, 0.5) is 0 Å². The summed E-state index contributed by atoms with van der Waals surface area (Å²) in [5, 5.41) is 0. The summed E-state index contributed by atoms with van der Waals surface area (Å²) in [6.07, 6.45) is 2.81. The Labute approximate surface area is 172 Å². The smallest absolute Gasteiger partial charge is 0.244 e. The molecule has 0 aliphatic carbocycles. The fraction of sp³-hybridized carbons (Fsp3) is 0.400. The molecule has 0 amide bonds. The number of sulfonamides is 2. The third kappa shape index (κ3) is 4.98. The first-order valence-electron chi connectivity index (χ1n) is 9.47. The van der Waals surface area contributed by atoms with Crippen molar-refractivity contribution in [3.8, 4) is 5.75 Å². The maximum atomic E-state index is 12.7. The molecule has 0 bridgehead atoms. The second-order valence-corrected chi connectivity index (χ2v) is 10.8. The molecule has 0 saturated carbocycles. The van der Waals surface area contributed by atoms with Crippen LogP contribution in [0, 0.1) is 6.92 Å². The Morgan fingerprint density at radius 3 is 2.24 bits per heavy atom. The molecular formula is C20H26N2O5S2. The van der Waals surface area contributed by atoms with Gasteiger partial charge in [0.15, 0.2) is 0 Å². The summed E-state index contributed by atoms with van der Waals surface area (Å²) in [6, 6.07) is 11.3. The van der Waals surface area contributed by atoms with Crippen molar-refractivity contribution in [2.75, 3.05) is 20.2 Å². The van der Waals surface area contributed by atoms with Crippen molar-refractivity contribution < 1.29 is 21.6 Å². The van der Waals surface area contributed by atoms with Crippen molar-refractivity contribution >= 4 is 20.0 Å². The van der Waals surface area contributed by atoms with Crippen molar-refractivity contribution in [3.63, 3.8) is 0 Å². The van der Waals surface area contributed by atoms with Crippen molar-refractivity contribution in [2.24, 2.45) is 0 Å². The van der Waals surface area contributed by atoms with Crippen molar-refractivity contribution in [3.05, 3.63) is 53.6 Å². The summed E-state index contributed by atoms with van der Waals surface area (Å²) in [5.74, 6) is 0.270. The number of hydrogen-bond donors (Lipinski definition) is 1. The highest BCUT2D eigenvalue weighted by atomic mass is 32.2. The third-order valence-corrected chi connectivity index (χ3v) is 8.29. The Hall–Kier alpha value is -1.94. The monoisotopic (exact) mass is 438 g/mol. The molecule has 0 radical (unpaired) electrons. The molecule has 3 rings (SSSR count). The minimum atomic E-state index is -3.78. The normalized spacial score (nSPS) is 15.9. The average molecular weight is 439 g/mol. The lowest BCUT2D eigenvalue weighted by atomic mass is 10.2. The molecule has 1 fully saturated rings. The van der Waals surface area contributed by atoms with Crippen LogP contribution in [0.2, 0.25) is 0 Å². The maximum Gasteiger partial charge on any atom is 0.244 e. The molecule has 0 atom stereocenters. The first kappa shape index (κ1) is 21.8. The van der Waals surface area contributed by atoms with Gasteiger partial charge in [-0.3, -0.25) is 0 Å². The molecule has 1 N–H and O–H groups in total. The van der Waals surface area contributed by atoms with E-state index in [0.717, 1.165) is 24.8 Å². The largest absolute Gasteiger partial charge is 0.495 e. The van der Waals surface area contributed by atoms with Gasteiger partial charge in [-0.25, -0.2) is 21.6 Å². The topological polar surface area (TPSA) is 92.8 Å². The van der Waals surface area contributed by atoms with Gasteiger partial charge in [-0.05, 0) is 55.2 Å². The standard InChI is InChI=1S/C20H26N2O5S2/c1-16-6-11-19(27-2)20(14-16)28(23,24)21-15-17-7-9-18(10-8-17)29(25,26)22-12-4-3-5-13-22/h6-11,14,21H,3-5,12-13,15H2,1-2H3. The summed E-state index contributed by atoms with van der Waals surface area (Å²) in [6.45, 7) is 2.94. The molecular weight excluding hydrogens is 412 g/mol. The lowest BCUT2D eigenvalue weighted by molar-refractivity contribution is 0.346. The fourth-order valence-corrected chi connectivity index (χ4v) is 6.07. The number of nitrogens with one attached hydrogen (secondary N) is 1. The van der Waals surface area contributed by atoms with Gasteiger partial charge in [-0.15, -0.1) is 0 Å². The molecule has 9 heteroatoms. The van der Waals surface area contributed by atoms with Crippen LogP contribution < -0.4 is 9.46 Å². The Kier molecular flexibility index (Phi) is 6.62. The van der Waals surface area contributed by atoms with Gasteiger partial charge in [0.2, 0.25) is 20.0 Å². The van der Waals surface area contributed by atoms with Crippen LogP contribution in [0.1, 0.15) is 30.4 Å². The predicted octanol–water partition coefficient (Wildman–Crippen LogP) is 2.66. The molecule has 0 aromatic heterocycles. The molecule has 1 aliphatic rings. The molecule has 1 saturated heterocycles. The molecule has 2 aromatic rings. The van der Waals surface area contributed by atoms with E-state index in [2.05, 4.69) is 4.72 Å². The van der Waals surface area contributed by atoms with Gasteiger partial charge in [-0.1, -0.05) is 24.6 Å². The van der Waals surface area contributed by atoms with Gasteiger partial charge < -0.3 is 4.74 Å². The van der Waals surface area contributed by atoms with E-state index in [1.165, 1.54) is 23.5 Å². The zero-order valence-electron chi connectivity index (χ0n) is 16.6. The first-order chi connectivity index (χ1) is 13.7. The van der Waals surface area contributed by atoms with Gasteiger partial charge in [-0.2, -0.15) is 4.31 Å². The number of nitrogens with zero attached hydrogens (tertiary/aromatic N) is 1. The first-order valence-corrected chi connectivity index (χ1v) is 12.4. The highest BCUT2D eigenvalue weighted by Crippen LogP contribution is 2.25. The molecule has 1 aliphatic heterocycles. The number of rotatable bonds is 7. The van der Waals surface area contributed by atoms with E-state index in [9.17, 15) is 16.8 Å². The highest BCUT2D eigenvalue weighted by Gasteiger charge is 2.26. The van der Waals surface area contributed by atoms with Crippen LogP contribution in [0.15, 0.2) is 52.3 Å². The van der Waals surface area contributed by atoms with Gasteiger partial charge in [0.1, 0.15) is 10.6 Å².